The molecular formula is C18H18ClNOS. The summed E-state index contributed by atoms with van der Waals surface area (Å²) in [6.07, 6.45) is 4.14. The Morgan fingerprint density at radius 3 is 2.73 bits per heavy atom. The van der Waals surface area contributed by atoms with Gasteiger partial charge < -0.3 is 5.32 Å². The molecule has 0 aliphatic heterocycles. The highest BCUT2D eigenvalue weighted by molar-refractivity contribution is 8.00. The summed E-state index contributed by atoms with van der Waals surface area (Å²) >= 11 is 7.50. The lowest BCUT2D eigenvalue weighted by molar-refractivity contribution is -0.118. The molecule has 0 saturated heterocycles. The second kappa shape index (κ2) is 9.34. The van der Waals surface area contributed by atoms with Gasteiger partial charge in [-0.05, 0) is 23.3 Å². The van der Waals surface area contributed by atoms with E-state index in [9.17, 15) is 4.79 Å². The highest BCUT2D eigenvalue weighted by Gasteiger charge is 2.01. The van der Waals surface area contributed by atoms with Crippen LogP contribution in [0.25, 0.3) is 6.08 Å². The third-order valence-electron chi connectivity index (χ3n) is 2.94. The lowest BCUT2D eigenvalue weighted by Gasteiger charge is -2.05. The maximum atomic E-state index is 11.7. The third kappa shape index (κ3) is 6.37. The number of thioether (sulfide) groups is 1. The largest absolute Gasteiger partial charge is 0.351 e. The topological polar surface area (TPSA) is 29.1 Å². The van der Waals surface area contributed by atoms with E-state index in [-0.39, 0.29) is 5.91 Å². The molecule has 0 saturated carbocycles. The molecule has 0 bridgehead atoms. The molecule has 2 aromatic rings. The van der Waals surface area contributed by atoms with Crippen molar-refractivity contribution < 1.29 is 4.79 Å². The number of amides is 1. The monoisotopic (exact) mass is 331 g/mol. The zero-order chi connectivity index (χ0) is 15.6. The predicted molar refractivity (Wildman–Crippen MR) is 96.1 cm³/mol. The Hall–Kier alpha value is -1.71. The van der Waals surface area contributed by atoms with Gasteiger partial charge >= 0.3 is 0 Å². The standard InChI is InChI=1S/C18H18ClNOS/c19-17-10-4-8-16(12-17)13-20-18(21)14-22-11-5-9-15-6-2-1-3-7-15/h1-10,12H,11,13-14H2,(H,20,21)/b9-5-. The van der Waals surface area contributed by atoms with Gasteiger partial charge in [-0.2, -0.15) is 0 Å². The molecule has 0 unspecified atom stereocenters. The number of rotatable bonds is 7. The van der Waals surface area contributed by atoms with Gasteiger partial charge in [0.2, 0.25) is 5.91 Å². The molecule has 0 aliphatic rings. The Bertz CT molecular complexity index is 628. The van der Waals surface area contributed by atoms with Crippen LogP contribution in [0.15, 0.2) is 60.7 Å². The van der Waals surface area contributed by atoms with E-state index in [0.717, 1.165) is 11.3 Å². The summed E-state index contributed by atoms with van der Waals surface area (Å²) in [5.74, 6) is 1.32. The molecule has 2 rings (SSSR count). The summed E-state index contributed by atoms with van der Waals surface area (Å²) in [5, 5.41) is 3.58. The summed E-state index contributed by atoms with van der Waals surface area (Å²) < 4.78 is 0. The zero-order valence-electron chi connectivity index (χ0n) is 12.2. The SMILES string of the molecule is O=C(CSC/C=C\c1ccccc1)NCc1cccc(Cl)c1. The van der Waals surface area contributed by atoms with Crippen molar-refractivity contribution in [2.45, 2.75) is 6.54 Å². The van der Waals surface area contributed by atoms with Gasteiger partial charge in [0, 0.05) is 17.3 Å². The van der Waals surface area contributed by atoms with E-state index in [1.165, 1.54) is 5.56 Å². The molecule has 0 heterocycles. The van der Waals surface area contributed by atoms with Crippen LogP contribution in [-0.2, 0) is 11.3 Å². The van der Waals surface area contributed by atoms with Crippen molar-refractivity contribution in [2.24, 2.45) is 0 Å². The molecule has 0 aliphatic carbocycles. The second-order valence-corrected chi connectivity index (χ2v) is 6.20. The number of nitrogens with one attached hydrogen (secondary N) is 1. The van der Waals surface area contributed by atoms with Crippen molar-refractivity contribution in [1.82, 2.24) is 5.32 Å². The van der Waals surface area contributed by atoms with E-state index in [1.807, 2.05) is 42.5 Å². The number of hydrogen-bond donors (Lipinski definition) is 1. The zero-order valence-corrected chi connectivity index (χ0v) is 13.7. The molecule has 1 amide bonds. The molecule has 0 fully saturated rings. The normalized spacial score (nSPS) is 10.8. The van der Waals surface area contributed by atoms with Crippen LogP contribution in [0.5, 0.6) is 0 Å². The molecular weight excluding hydrogens is 314 g/mol. The van der Waals surface area contributed by atoms with Crippen molar-refractivity contribution in [3.63, 3.8) is 0 Å². The van der Waals surface area contributed by atoms with Crippen molar-refractivity contribution in [3.8, 4) is 0 Å². The maximum Gasteiger partial charge on any atom is 0.230 e. The third-order valence-corrected chi connectivity index (χ3v) is 4.07. The first kappa shape index (κ1) is 16.7. The van der Waals surface area contributed by atoms with Gasteiger partial charge in [0.05, 0.1) is 5.75 Å². The highest BCUT2D eigenvalue weighted by atomic mass is 35.5. The smallest absolute Gasteiger partial charge is 0.230 e. The summed E-state index contributed by atoms with van der Waals surface area (Å²) in [7, 11) is 0. The van der Waals surface area contributed by atoms with Crippen molar-refractivity contribution in [2.75, 3.05) is 11.5 Å². The number of carbonyl (C=O) groups is 1. The quantitative estimate of drug-likeness (QED) is 0.762. The van der Waals surface area contributed by atoms with Crippen LogP contribution in [0, 0.1) is 0 Å². The average Bonchev–Trinajstić information content (AvgIpc) is 2.54. The Kier molecular flexibility index (Phi) is 7.07. The van der Waals surface area contributed by atoms with Gasteiger partial charge in [0.25, 0.3) is 0 Å². The number of hydrogen-bond acceptors (Lipinski definition) is 2. The van der Waals surface area contributed by atoms with E-state index in [2.05, 4.69) is 29.6 Å². The van der Waals surface area contributed by atoms with Crippen LogP contribution in [-0.4, -0.2) is 17.4 Å². The molecule has 4 heteroatoms. The molecule has 114 valence electrons. The first-order chi connectivity index (χ1) is 10.7. The van der Waals surface area contributed by atoms with Gasteiger partial charge in [0.15, 0.2) is 0 Å². The first-order valence-electron chi connectivity index (χ1n) is 7.04. The Labute approximate surface area is 140 Å². The van der Waals surface area contributed by atoms with Crippen LogP contribution in [0.4, 0.5) is 0 Å². The Morgan fingerprint density at radius 1 is 1.14 bits per heavy atom. The van der Waals surface area contributed by atoms with Crippen LogP contribution < -0.4 is 5.32 Å². The van der Waals surface area contributed by atoms with Gasteiger partial charge in [-0.25, -0.2) is 0 Å². The van der Waals surface area contributed by atoms with Gasteiger partial charge in [0.1, 0.15) is 0 Å². The molecule has 22 heavy (non-hydrogen) atoms. The number of benzene rings is 2. The average molecular weight is 332 g/mol. The lowest BCUT2D eigenvalue weighted by Crippen LogP contribution is -2.24. The Balaban J connectivity index is 1.63. The van der Waals surface area contributed by atoms with Crippen molar-refractivity contribution in [3.05, 3.63) is 76.8 Å². The molecule has 2 nitrogen and oxygen atoms in total. The minimum absolute atomic E-state index is 0.0399. The summed E-state index contributed by atoms with van der Waals surface area (Å²) in [6.45, 7) is 0.514. The molecule has 0 atom stereocenters. The van der Waals surface area contributed by atoms with Gasteiger partial charge in [-0.3, -0.25) is 4.79 Å². The molecule has 0 spiro atoms. The van der Waals surface area contributed by atoms with Crippen LogP contribution >= 0.6 is 23.4 Å². The predicted octanol–water partition coefficient (Wildman–Crippen LogP) is 4.40. The van der Waals surface area contributed by atoms with E-state index < -0.39 is 0 Å². The Morgan fingerprint density at radius 2 is 1.95 bits per heavy atom. The molecule has 0 radical (unpaired) electrons. The molecule has 0 aromatic heterocycles. The molecule has 1 N–H and O–H groups in total. The second-order valence-electron chi connectivity index (χ2n) is 4.73. The van der Waals surface area contributed by atoms with E-state index in [4.69, 9.17) is 11.6 Å². The summed E-state index contributed by atoms with van der Waals surface area (Å²) in [6, 6.07) is 17.6. The van der Waals surface area contributed by atoms with E-state index >= 15 is 0 Å². The first-order valence-corrected chi connectivity index (χ1v) is 8.58. The van der Waals surface area contributed by atoms with Gasteiger partial charge in [-0.15, -0.1) is 11.8 Å². The fraction of sp³-hybridized carbons (Fsp3) is 0.167. The van der Waals surface area contributed by atoms with Crippen molar-refractivity contribution in [1.29, 1.82) is 0 Å². The van der Waals surface area contributed by atoms with Gasteiger partial charge in [-0.1, -0.05) is 66.2 Å². The number of carbonyl (C=O) groups excluding carboxylic acids is 1. The summed E-state index contributed by atoms with van der Waals surface area (Å²) in [4.78, 5) is 11.7. The maximum absolute atomic E-state index is 11.7. The van der Waals surface area contributed by atoms with Crippen LogP contribution in [0.2, 0.25) is 5.02 Å². The van der Waals surface area contributed by atoms with E-state index in [1.54, 1.807) is 11.8 Å². The fourth-order valence-corrected chi connectivity index (χ4v) is 2.72. The minimum Gasteiger partial charge on any atom is -0.351 e. The number of halogens is 1. The minimum atomic E-state index is 0.0399. The molecule has 2 aromatic carbocycles. The van der Waals surface area contributed by atoms with Crippen molar-refractivity contribution >= 4 is 35.3 Å². The summed E-state index contributed by atoms with van der Waals surface area (Å²) in [5.41, 5.74) is 2.18. The fourth-order valence-electron chi connectivity index (χ4n) is 1.87. The van der Waals surface area contributed by atoms with Crippen LogP contribution in [0.3, 0.4) is 0 Å². The van der Waals surface area contributed by atoms with E-state index in [0.29, 0.717) is 17.3 Å². The highest BCUT2D eigenvalue weighted by Crippen LogP contribution is 2.10. The van der Waals surface area contributed by atoms with Crippen LogP contribution in [0.1, 0.15) is 11.1 Å². The lowest BCUT2D eigenvalue weighted by atomic mass is 10.2.